The summed E-state index contributed by atoms with van der Waals surface area (Å²) in [4.78, 5) is 8.58. The molecule has 0 aliphatic carbocycles. The standard InChI is InChI=1S/C14H8BrClFN3/c15-7-1-3-9(11(16)5-7)14-19-12-4-2-8(17)6-10(12)13(18)20-14/h1-6H,(H2,18,19,20). The van der Waals surface area contributed by atoms with Gasteiger partial charge in [0.05, 0.1) is 10.5 Å². The van der Waals surface area contributed by atoms with Gasteiger partial charge in [-0.1, -0.05) is 27.5 Å². The third-order valence-electron chi connectivity index (χ3n) is 2.86. The molecule has 6 heteroatoms. The van der Waals surface area contributed by atoms with Crippen LogP contribution in [0.25, 0.3) is 22.3 Å². The van der Waals surface area contributed by atoms with E-state index in [0.717, 1.165) is 4.47 Å². The lowest BCUT2D eigenvalue weighted by molar-refractivity contribution is 0.629. The molecule has 0 atom stereocenters. The maximum absolute atomic E-state index is 13.2. The monoisotopic (exact) mass is 351 g/mol. The van der Waals surface area contributed by atoms with Crippen molar-refractivity contribution in [3.63, 3.8) is 0 Å². The Morgan fingerprint density at radius 3 is 2.65 bits per heavy atom. The van der Waals surface area contributed by atoms with Crippen LogP contribution in [-0.2, 0) is 0 Å². The number of hydrogen-bond acceptors (Lipinski definition) is 3. The highest BCUT2D eigenvalue weighted by Crippen LogP contribution is 2.30. The van der Waals surface area contributed by atoms with Crippen molar-refractivity contribution in [3.8, 4) is 11.4 Å². The Kier molecular flexibility index (Phi) is 3.31. The van der Waals surface area contributed by atoms with Crippen molar-refractivity contribution in [2.45, 2.75) is 0 Å². The number of halogens is 3. The first-order chi connectivity index (χ1) is 9.54. The minimum atomic E-state index is -0.373. The summed E-state index contributed by atoms with van der Waals surface area (Å²) >= 11 is 9.52. The molecule has 0 unspecified atom stereocenters. The zero-order valence-corrected chi connectivity index (χ0v) is 12.4. The van der Waals surface area contributed by atoms with Crippen molar-refractivity contribution in [2.75, 3.05) is 5.73 Å². The van der Waals surface area contributed by atoms with Crippen LogP contribution in [0.1, 0.15) is 0 Å². The van der Waals surface area contributed by atoms with Crippen molar-refractivity contribution in [1.82, 2.24) is 9.97 Å². The lowest BCUT2D eigenvalue weighted by Gasteiger charge is -2.07. The van der Waals surface area contributed by atoms with E-state index < -0.39 is 0 Å². The number of benzene rings is 2. The predicted molar refractivity (Wildman–Crippen MR) is 82.1 cm³/mol. The average molecular weight is 353 g/mol. The molecule has 0 fully saturated rings. The number of nitrogen functional groups attached to an aromatic ring is 1. The molecule has 0 amide bonds. The van der Waals surface area contributed by atoms with Gasteiger partial charge >= 0.3 is 0 Å². The third kappa shape index (κ3) is 2.34. The van der Waals surface area contributed by atoms with Gasteiger partial charge in [-0.15, -0.1) is 0 Å². The Labute approximate surface area is 127 Å². The Morgan fingerprint density at radius 2 is 1.90 bits per heavy atom. The Balaban J connectivity index is 2.24. The largest absolute Gasteiger partial charge is 0.383 e. The normalized spacial score (nSPS) is 10.9. The highest BCUT2D eigenvalue weighted by Gasteiger charge is 2.11. The molecule has 0 aliphatic heterocycles. The summed E-state index contributed by atoms with van der Waals surface area (Å²) in [6, 6.07) is 9.62. The second-order valence-corrected chi connectivity index (χ2v) is 5.54. The molecule has 0 aliphatic rings. The molecule has 1 heterocycles. The molecule has 0 saturated heterocycles. The molecule has 3 nitrogen and oxygen atoms in total. The summed E-state index contributed by atoms with van der Waals surface area (Å²) in [5.74, 6) is 0.268. The molecular weight excluding hydrogens is 345 g/mol. The summed E-state index contributed by atoms with van der Waals surface area (Å²) in [5.41, 5.74) is 7.12. The fourth-order valence-corrected chi connectivity index (χ4v) is 2.67. The van der Waals surface area contributed by atoms with Crippen molar-refractivity contribution < 1.29 is 4.39 Å². The SMILES string of the molecule is Nc1nc(-c2ccc(Br)cc2Cl)nc2ccc(F)cc12. The molecule has 0 radical (unpaired) electrons. The topological polar surface area (TPSA) is 51.8 Å². The van der Waals surface area contributed by atoms with Crippen LogP contribution in [0.2, 0.25) is 5.02 Å². The van der Waals surface area contributed by atoms with E-state index in [1.807, 2.05) is 6.07 Å². The van der Waals surface area contributed by atoms with Gasteiger partial charge in [-0.05, 0) is 36.4 Å². The highest BCUT2D eigenvalue weighted by molar-refractivity contribution is 9.10. The first-order valence-electron chi connectivity index (χ1n) is 5.73. The number of aromatic nitrogens is 2. The predicted octanol–water partition coefficient (Wildman–Crippen LogP) is 4.43. The van der Waals surface area contributed by atoms with Gasteiger partial charge < -0.3 is 5.73 Å². The third-order valence-corrected chi connectivity index (χ3v) is 3.67. The van der Waals surface area contributed by atoms with Gasteiger partial charge in [0.15, 0.2) is 5.82 Å². The zero-order valence-electron chi connectivity index (χ0n) is 10.1. The Bertz CT molecular complexity index is 823. The minimum Gasteiger partial charge on any atom is -0.383 e. The number of hydrogen-bond donors (Lipinski definition) is 1. The molecule has 3 aromatic rings. The number of nitrogens with two attached hydrogens (primary N) is 1. The van der Waals surface area contributed by atoms with Crippen molar-refractivity contribution >= 4 is 44.3 Å². The van der Waals surface area contributed by atoms with E-state index in [-0.39, 0.29) is 11.6 Å². The number of rotatable bonds is 1. The number of nitrogens with zero attached hydrogens (tertiary/aromatic N) is 2. The first kappa shape index (κ1) is 13.3. The molecule has 20 heavy (non-hydrogen) atoms. The van der Waals surface area contributed by atoms with Gasteiger partial charge in [0.25, 0.3) is 0 Å². The summed E-state index contributed by atoms with van der Waals surface area (Å²) in [6.07, 6.45) is 0. The lowest BCUT2D eigenvalue weighted by Crippen LogP contribution is -1.98. The second kappa shape index (κ2) is 5.00. The van der Waals surface area contributed by atoms with Crippen LogP contribution in [-0.4, -0.2) is 9.97 Å². The quantitative estimate of drug-likeness (QED) is 0.704. The van der Waals surface area contributed by atoms with Crippen LogP contribution in [0.3, 0.4) is 0 Å². The van der Waals surface area contributed by atoms with Crippen molar-refractivity contribution in [3.05, 3.63) is 51.7 Å². The lowest BCUT2D eigenvalue weighted by atomic mass is 10.2. The minimum absolute atomic E-state index is 0.225. The summed E-state index contributed by atoms with van der Waals surface area (Å²) in [7, 11) is 0. The molecular formula is C14H8BrClFN3. The van der Waals surface area contributed by atoms with Gasteiger partial charge in [0, 0.05) is 15.4 Å². The van der Waals surface area contributed by atoms with Crippen LogP contribution in [0.5, 0.6) is 0 Å². The molecule has 100 valence electrons. The maximum atomic E-state index is 13.2. The van der Waals surface area contributed by atoms with Crippen molar-refractivity contribution in [1.29, 1.82) is 0 Å². The molecule has 2 aromatic carbocycles. The van der Waals surface area contributed by atoms with Gasteiger partial charge in [0.1, 0.15) is 11.6 Å². The molecule has 0 bridgehead atoms. The number of fused-ring (bicyclic) bond motifs is 1. The summed E-state index contributed by atoms with van der Waals surface area (Å²) < 4.78 is 14.1. The molecule has 0 saturated carbocycles. The smallest absolute Gasteiger partial charge is 0.163 e. The van der Waals surface area contributed by atoms with E-state index in [1.54, 1.807) is 18.2 Å². The second-order valence-electron chi connectivity index (χ2n) is 4.22. The van der Waals surface area contributed by atoms with Crippen LogP contribution in [0, 0.1) is 5.82 Å². The van der Waals surface area contributed by atoms with Crippen molar-refractivity contribution in [2.24, 2.45) is 0 Å². The van der Waals surface area contributed by atoms with Gasteiger partial charge in [-0.25, -0.2) is 14.4 Å². The van der Waals surface area contributed by atoms with Gasteiger partial charge in [-0.2, -0.15) is 0 Å². The van der Waals surface area contributed by atoms with Gasteiger partial charge in [-0.3, -0.25) is 0 Å². The average Bonchev–Trinajstić information content (AvgIpc) is 2.39. The van der Waals surface area contributed by atoms with E-state index in [1.165, 1.54) is 12.1 Å². The summed E-state index contributed by atoms with van der Waals surface area (Å²) in [5, 5.41) is 1.00. The van der Waals surface area contributed by atoms with E-state index in [9.17, 15) is 4.39 Å². The van der Waals surface area contributed by atoms with E-state index >= 15 is 0 Å². The highest BCUT2D eigenvalue weighted by atomic mass is 79.9. The van der Waals surface area contributed by atoms with Crippen LogP contribution in [0.15, 0.2) is 40.9 Å². The zero-order chi connectivity index (χ0) is 14.3. The Morgan fingerprint density at radius 1 is 1.10 bits per heavy atom. The fraction of sp³-hybridized carbons (Fsp3) is 0. The molecule has 3 rings (SSSR count). The van der Waals surface area contributed by atoms with E-state index in [0.29, 0.717) is 27.3 Å². The van der Waals surface area contributed by atoms with E-state index in [4.69, 9.17) is 17.3 Å². The van der Waals surface area contributed by atoms with E-state index in [2.05, 4.69) is 25.9 Å². The van der Waals surface area contributed by atoms with Crippen LogP contribution in [0.4, 0.5) is 10.2 Å². The van der Waals surface area contributed by atoms with Crippen LogP contribution < -0.4 is 5.73 Å². The number of anilines is 1. The Hall–Kier alpha value is -1.72. The molecule has 2 N–H and O–H groups in total. The first-order valence-corrected chi connectivity index (χ1v) is 6.90. The fourth-order valence-electron chi connectivity index (χ4n) is 1.92. The maximum Gasteiger partial charge on any atom is 0.163 e. The molecule has 0 spiro atoms. The van der Waals surface area contributed by atoms with Gasteiger partial charge in [0.2, 0.25) is 0 Å². The van der Waals surface area contributed by atoms with Crippen LogP contribution >= 0.6 is 27.5 Å². The summed E-state index contributed by atoms with van der Waals surface area (Å²) in [6.45, 7) is 0. The molecule has 1 aromatic heterocycles.